The molecule has 1 atom stereocenters. The lowest BCUT2D eigenvalue weighted by molar-refractivity contribution is 0.158. The molecule has 9 heteroatoms. The number of hydrogen-bond acceptors (Lipinski definition) is 7. The van der Waals surface area contributed by atoms with Crippen molar-refractivity contribution in [2.75, 3.05) is 30.4 Å². The van der Waals surface area contributed by atoms with Crippen LogP contribution in [0.1, 0.15) is 25.5 Å². The fourth-order valence-corrected chi connectivity index (χ4v) is 2.47. The van der Waals surface area contributed by atoms with Crippen molar-refractivity contribution in [2.45, 2.75) is 30.8 Å². The van der Waals surface area contributed by atoms with Crippen LogP contribution in [0.25, 0.3) is 0 Å². The first-order chi connectivity index (χ1) is 12.1. The minimum absolute atomic E-state index is 0.0355. The van der Waals surface area contributed by atoms with Crippen molar-refractivity contribution in [1.29, 1.82) is 0 Å². The summed E-state index contributed by atoms with van der Waals surface area (Å²) in [6.45, 7) is 5.40. The monoisotopic (exact) mass is 369 g/mol. The van der Waals surface area contributed by atoms with Gasteiger partial charge in [-0.2, -0.15) is 23.7 Å². The Kier molecular flexibility index (Phi) is 7.80. The van der Waals surface area contributed by atoms with Gasteiger partial charge >= 0.3 is 0 Å². The van der Waals surface area contributed by atoms with Gasteiger partial charge in [0.05, 0.1) is 12.6 Å². The minimum atomic E-state index is -2.60. The van der Waals surface area contributed by atoms with Gasteiger partial charge in [-0.15, -0.1) is 0 Å². The number of nitrogens with one attached hydrogen (secondary N) is 2. The zero-order chi connectivity index (χ0) is 18.1. The van der Waals surface area contributed by atoms with E-state index in [0.29, 0.717) is 19.8 Å². The molecule has 0 saturated heterocycles. The highest BCUT2D eigenvalue weighted by atomic mass is 32.2. The van der Waals surface area contributed by atoms with Gasteiger partial charge in [0.25, 0.3) is 5.76 Å². The van der Waals surface area contributed by atoms with Crippen molar-refractivity contribution in [3.05, 3.63) is 35.9 Å². The molecule has 0 aliphatic rings. The van der Waals surface area contributed by atoms with Crippen LogP contribution < -0.4 is 10.6 Å². The predicted octanol–water partition coefficient (Wildman–Crippen LogP) is 3.81. The second-order valence-corrected chi connectivity index (χ2v) is 6.00. The first-order valence-corrected chi connectivity index (χ1v) is 8.80. The maximum atomic E-state index is 12.7. The van der Waals surface area contributed by atoms with E-state index < -0.39 is 5.76 Å². The molecule has 0 unspecified atom stereocenters. The quantitative estimate of drug-likeness (QED) is 0.487. The van der Waals surface area contributed by atoms with Crippen LogP contribution in [0.5, 0.6) is 0 Å². The number of nitrogens with zero attached hydrogens (tertiary/aromatic N) is 3. The number of halogens is 2. The largest absolute Gasteiger partial charge is 0.380 e. The van der Waals surface area contributed by atoms with E-state index in [1.54, 1.807) is 0 Å². The van der Waals surface area contributed by atoms with Gasteiger partial charge in [-0.3, -0.25) is 0 Å². The molecule has 25 heavy (non-hydrogen) atoms. The van der Waals surface area contributed by atoms with Gasteiger partial charge in [0, 0.05) is 13.2 Å². The number of alkyl halides is 2. The van der Waals surface area contributed by atoms with Crippen LogP contribution in [0.4, 0.5) is 20.7 Å². The highest BCUT2D eigenvalue weighted by molar-refractivity contribution is 7.99. The molecule has 0 aliphatic heterocycles. The molecule has 0 radical (unpaired) electrons. The van der Waals surface area contributed by atoms with Crippen molar-refractivity contribution in [2.24, 2.45) is 0 Å². The zero-order valence-electron chi connectivity index (χ0n) is 14.1. The van der Waals surface area contributed by atoms with Gasteiger partial charge in [-0.05, 0) is 31.2 Å². The van der Waals surface area contributed by atoms with Crippen LogP contribution in [0.2, 0.25) is 0 Å². The lowest BCUT2D eigenvalue weighted by Gasteiger charge is -2.15. The molecule has 0 bridgehead atoms. The molecule has 2 N–H and O–H groups in total. The Morgan fingerprint density at radius 3 is 2.52 bits per heavy atom. The third-order valence-electron chi connectivity index (χ3n) is 3.19. The molecule has 0 spiro atoms. The number of thioether (sulfide) groups is 1. The van der Waals surface area contributed by atoms with Crippen molar-refractivity contribution in [3.63, 3.8) is 0 Å². The second kappa shape index (κ2) is 10.1. The van der Waals surface area contributed by atoms with Gasteiger partial charge < -0.3 is 15.4 Å². The third kappa shape index (κ3) is 6.79. The Morgan fingerprint density at radius 1 is 1.12 bits per heavy atom. The van der Waals surface area contributed by atoms with Crippen LogP contribution in [-0.2, 0) is 4.74 Å². The molecule has 0 fully saturated rings. The molecule has 0 amide bonds. The lowest BCUT2D eigenvalue weighted by Crippen LogP contribution is -2.15. The molecule has 1 aromatic carbocycles. The van der Waals surface area contributed by atoms with E-state index in [4.69, 9.17) is 4.74 Å². The molecular weight excluding hydrogens is 348 g/mol. The molecule has 1 heterocycles. The highest BCUT2D eigenvalue weighted by Gasteiger charge is 2.14. The first kappa shape index (κ1) is 19.3. The van der Waals surface area contributed by atoms with Gasteiger partial charge in [0.1, 0.15) is 0 Å². The summed E-state index contributed by atoms with van der Waals surface area (Å²) in [5, 5.41) is 6.05. The maximum absolute atomic E-state index is 12.7. The number of rotatable bonds is 10. The molecule has 6 nitrogen and oxygen atoms in total. The molecule has 1 aromatic heterocycles. The third-order valence-corrected chi connectivity index (χ3v) is 3.76. The molecule has 0 aliphatic carbocycles. The second-order valence-electron chi connectivity index (χ2n) is 5.04. The van der Waals surface area contributed by atoms with Crippen molar-refractivity contribution >= 4 is 23.7 Å². The van der Waals surface area contributed by atoms with Crippen LogP contribution in [0.15, 0.2) is 35.5 Å². The number of anilines is 2. The number of aromatic nitrogens is 3. The maximum Gasteiger partial charge on any atom is 0.291 e. The summed E-state index contributed by atoms with van der Waals surface area (Å²) in [5.74, 6) is -2.12. The van der Waals surface area contributed by atoms with E-state index in [-0.39, 0.29) is 34.9 Å². The highest BCUT2D eigenvalue weighted by Crippen LogP contribution is 2.24. The Balaban J connectivity index is 2.11. The first-order valence-electron chi connectivity index (χ1n) is 7.92. The van der Waals surface area contributed by atoms with Crippen LogP contribution in [0, 0.1) is 0 Å². The van der Waals surface area contributed by atoms with E-state index in [1.807, 2.05) is 44.2 Å². The van der Waals surface area contributed by atoms with Crippen LogP contribution in [-0.4, -0.2) is 40.5 Å². The smallest absolute Gasteiger partial charge is 0.291 e. The van der Waals surface area contributed by atoms with Crippen molar-refractivity contribution in [1.82, 2.24) is 15.0 Å². The molecule has 2 aromatic rings. The van der Waals surface area contributed by atoms with Crippen molar-refractivity contribution in [3.8, 4) is 0 Å². The van der Waals surface area contributed by atoms with E-state index in [0.717, 1.165) is 5.56 Å². The van der Waals surface area contributed by atoms with E-state index >= 15 is 0 Å². The van der Waals surface area contributed by atoms with Crippen molar-refractivity contribution < 1.29 is 13.5 Å². The predicted molar refractivity (Wildman–Crippen MR) is 95.2 cm³/mol. The average molecular weight is 369 g/mol. The SMILES string of the molecule is CCOCCNc1nc(N[C@@H](C)c2ccccc2)nc(SC(F)F)n1. The van der Waals surface area contributed by atoms with Gasteiger partial charge in [0.15, 0.2) is 5.16 Å². The molecule has 136 valence electrons. The summed E-state index contributed by atoms with van der Waals surface area (Å²) >= 11 is 0.287. The Hall–Kier alpha value is -2.00. The number of benzene rings is 1. The number of hydrogen-bond donors (Lipinski definition) is 2. The summed E-state index contributed by atoms with van der Waals surface area (Å²) < 4.78 is 30.6. The summed E-state index contributed by atoms with van der Waals surface area (Å²) in [5.41, 5.74) is 1.04. The molecular formula is C16H21F2N5OS. The normalized spacial score (nSPS) is 12.2. The number of ether oxygens (including phenoxy) is 1. The zero-order valence-corrected chi connectivity index (χ0v) is 14.9. The van der Waals surface area contributed by atoms with Crippen LogP contribution in [0.3, 0.4) is 0 Å². The summed E-state index contributed by atoms with van der Waals surface area (Å²) in [6.07, 6.45) is 0. The fourth-order valence-electron chi connectivity index (χ4n) is 2.03. The Morgan fingerprint density at radius 2 is 1.84 bits per heavy atom. The van der Waals surface area contributed by atoms with Gasteiger partial charge in [0.2, 0.25) is 11.9 Å². The van der Waals surface area contributed by atoms with E-state index in [2.05, 4.69) is 25.6 Å². The summed E-state index contributed by atoms with van der Waals surface area (Å²) in [4.78, 5) is 12.3. The van der Waals surface area contributed by atoms with Gasteiger partial charge in [-0.1, -0.05) is 30.3 Å². The Bertz CT molecular complexity index is 648. The Labute approximate surface area is 149 Å². The van der Waals surface area contributed by atoms with E-state index in [1.165, 1.54) is 0 Å². The van der Waals surface area contributed by atoms with E-state index in [9.17, 15) is 8.78 Å². The lowest BCUT2D eigenvalue weighted by atomic mass is 10.1. The standard InChI is InChI=1S/C16H21F2N5OS/c1-3-24-10-9-19-14-21-15(23-16(22-14)25-13(17)18)20-11(2)12-7-5-4-6-8-12/h4-8,11,13H,3,9-10H2,1-2H3,(H2,19,20,21,22,23)/t11-/m0/s1. The van der Waals surface area contributed by atoms with Crippen LogP contribution >= 0.6 is 11.8 Å². The topological polar surface area (TPSA) is 72.0 Å². The van der Waals surface area contributed by atoms with Gasteiger partial charge in [-0.25, -0.2) is 0 Å². The fraction of sp³-hybridized carbons (Fsp3) is 0.438. The molecule has 0 saturated carbocycles. The molecule has 2 rings (SSSR count). The average Bonchev–Trinajstić information content (AvgIpc) is 2.59. The summed E-state index contributed by atoms with van der Waals surface area (Å²) in [7, 11) is 0. The summed E-state index contributed by atoms with van der Waals surface area (Å²) in [6, 6.07) is 9.64. The minimum Gasteiger partial charge on any atom is -0.380 e.